The molecule has 3 fully saturated rings. The smallest absolute Gasteiger partial charge is 0.263 e. The summed E-state index contributed by atoms with van der Waals surface area (Å²) in [5.74, 6) is 0.244. The van der Waals surface area contributed by atoms with E-state index in [1.165, 1.54) is 18.5 Å². The number of carbonyl (C=O) groups excluding carboxylic acids is 2. The average molecular weight is 526 g/mol. The van der Waals surface area contributed by atoms with E-state index in [1.807, 2.05) is 0 Å². The zero-order chi connectivity index (χ0) is 26.6. The highest BCUT2D eigenvalue weighted by atomic mass is 19.3. The first kappa shape index (κ1) is 24.7. The van der Waals surface area contributed by atoms with Gasteiger partial charge in [-0.2, -0.15) is 0 Å². The highest BCUT2D eigenvalue weighted by molar-refractivity contribution is 6.09. The van der Waals surface area contributed by atoms with Crippen molar-refractivity contribution in [3.05, 3.63) is 41.3 Å². The van der Waals surface area contributed by atoms with Gasteiger partial charge in [0.05, 0.1) is 23.7 Å². The van der Waals surface area contributed by atoms with E-state index in [-0.39, 0.29) is 28.8 Å². The first-order valence-electron chi connectivity index (χ1n) is 12.9. The molecule has 6 rings (SSSR count). The first-order chi connectivity index (χ1) is 18.3. The molecule has 1 atom stereocenters. The number of benzene rings is 1. The van der Waals surface area contributed by atoms with E-state index in [2.05, 4.69) is 20.3 Å². The number of nitrogens with zero attached hydrogens (tertiary/aromatic N) is 3. The third kappa shape index (κ3) is 4.38. The van der Waals surface area contributed by atoms with Crippen molar-refractivity contribution in [1.29, 1.82) is 0 Å². The molecule has 38 heavy (non-hydrogen) atoms. The van der Waals surface area contributed by atoms with Crippen LogP contribution < -0.4 is 10.1 Å². The maximum atomic E-state index is 13.6. The lowest BCUT2D eigenvalue weighted by atomic mass is 10.00. The second-order valence-electron chi connectivity index (χ2n) is 10.7. The van der Waals surface area contributed by atoms with Gasteiger partial charge in [-0.15, -0.1) is 0 Å². The number of aliphatic hydroxyl groups excluding tert-OH is 1. The van der Waals surface area contributed by atoms with Crippen LogP contribution in [0.4, 0.5) is 8.78 Å². The molecule has 2 aromatic heterocycles. The molecule has 3 aromatic rings. The molecule has 0 unspecified atom stereocenters. The SMILES string of the molecule is Cc1[nH]c2c(-c3cc(C(F)F)ccc3OCC3CC3)ncnc2c1C(=O)N[C@@H]1CN(C(=O)CO)CC12CC2. The zero-order valence-corrected chi connectivity index (χ0v) is 21.0. The monoisotopic (exact) mass is 525 g/mol. The second kappa shape index (κ2) is 9.30. The maximum absolute atomic E-state index is 13.6. The minimum Gasteiger partial charge on any atom is -0.493 e. The van der Waals surface area contributed by atoms with Crippen LogP contribution >= 0.6 is 0 Å². The predicted octanol–water partition coefficient (Wildman–Crippen LogP) is 3.37. The number of ether oxygens (including phenoxy) is 1. The minimum atomic E-state index is -2.66. The Morgan fingerprint density at radius 2 is 2.08 bits per heavy atom. The molecule has 2 amide bonds. The van der Waals surface area contributed by atoms with Gasteiger partial charge in [0.2, 0.25) is 5.91 Å². The maximum Gasteiger partial charge on any atom is 0.263 e. The predicted molar refractivity (Wildman–Crippen MR) is 134 cm³/mol. The highest BCUT2D eigenvalue weighted by Gasteiger charge is 2.56. The van der Waals surface area contributed by atoms with Crippen LogP contribution in [0.1, 0.15) is 53.7 Å². The first-order valence-corrected chi connectivity index (χ1v) is 12.9. The van der Waals surface area contributed by atoms with Gasteiger partial charge in [-0.3, -0.25) is 9.59 Å². The summed E-state index contributed by atoms with van der Waals surface area (Å²) in [4.78, 5) is 39.2. The van der Waals surface area contributed by atoms with E-state index < -0.39 is 13.0 Å². The van der Waals surface area contributed by atoms with Crippen LogP contribution in [0, 0.1) is 18.3 Å². The lowest BCUT2D eigenvalue weighted by Gasteiger charge is -2.18. The van der Waals surface area contributed by atoms with Crippen molar-refractivity contribution < 1.29 is 28.2 Å². The number of fused-ring (bicyclic) bond motifs is 1. The Morgan fingerprint density at radius 3 is 2.76 bits per heavy atom. The number of halogens is 2. The van der Waals surface area contributed by atoms with Crippen molar-refractivity contribution in [2.24, 2.45) is 11.3 Å². The molecule has 3 aliphatic rings. The van der Waals surface area contributed by atoms with Crippen LogP contribution in [0.15, 0.2) is 24.5 Å². The molecule has 3 heterocycles. The molecule has 1 aliphatic heterocycles. The molecule has 1 saturated heterocycles. The van der Waals surface area contributed by atoms with Crippen molar-refractivity contribution in [3.8, 4) is 17.0 Å². The van der Waals surface area contributed by atoms with Gasteiger partial charge < -0.3 is 25.0 Å². The molecule has 1 spiro atoms. The van der Waals surface area contributed by atoms with E-state index in [4.69, 9.17) is 4.74 Å². The van der Waals surface area contributed by atoms with Crippen molar-refractivity contribution in [2.75, 3.05) is 26.3 Å². The number of hydrogen-bond acceptors (Lipinski definition) is 6. The number of hydrogen-bond donors (Lipinski definition) is 3. The number of likely N-dealkylation sites (tertiary alicyclic amines) is 1. The number of aromatic amines is 1. The van der Waals surface area contributed by atoms with Crippen LogP contribution in [0.5, 0.6) is 5.75 Å². The fraction of sp³-hybridized carbons (Fsp3) is 0.481. The lowest BCUT2D eigenvalue weighted by molar-refractivity contribution is -0.133. The fourth-order valence-corrected chi connectivity index (χ4v) is 5.44. The van der Waals surface area contributed by atoms with Crippen molar-refractivity contribution in [1.82, 2.24) is 25.2 Å². The Labute approximate surface area is 217 Å². The summed E-state index contributed by atoms with van der Waals surface area (Å²) in [6, 6.07) is 4.05. The molecule has 0 radical (unpaired) electrons. The summed E-state index contributed by atoms with van der Waals surface area (Å²) >= 11 is 0. The van der Waals surface area contributed by atoms with Crippen LogP contribution in [-0.2, 0) is 4.79 Å². The van der Waals surface area contributed by atoms with Crippen LogP contribution in [0.25, 0.3) is 22.3 Å². The summed E-state index contributed by atoms with van der Waals surface area (Å²) in [7, 11) is 0. The average Bonchev–Trinajstić information content (AvgIpc) is 3.81. The van der Waals surface area contributed by atoms with E-state index in [1.54, 1.807) is 17.9 Å². The Morgan fingerprint density at radius 1 is 1.29 bits per heavy atom. The Kier molecular flexibility index (Phi) is 6.05. The van der Waals surface area contributed by atoms with E-state index in [9.17, 15) is 23.5 Å². The van der Waals surface area contributed by atoms with Gasteiger partial charge in [0.1, 0.15) is 29.9 Å². The van der Waals surface area contributed by atoms with E-state index >= 15 is 0 Å². The molecule has 0 bridgehead atoms. The largest absolute Gasteiger partial charge is 0.493 e. The highest BCUT2D eigenvalue weighted by Crippen LogP contribution is 2.53. The molecule has 9 nitrogen and oxygen atoms in total. The second-order valence-corrected chi connectivity index (χ2v) is 10.7. The fourth-order valence-electron chi connectivity index (χ4n) is 5.44. The van der Waals surface area contributed by atoms with Crippen LogP contribution in [0.2, 0.25) is 0 Å². The third-order valence-electron chi connectivity index (χ3n) is 8.01. The van der Waals surface area contributed by atoms with E-state index in [0.29, 0.717) is 64.9 Å². The van der Waals surface area contributed by atoms with Gasteiger partial charge in [0.15, 0.2) is 0 Å². The number of rotatable bonds is 8. The van der Waals surface area contributed by atoms with Crippen molar-refractivity contribution >= 4 is 22.8 Å². The number of H-pyrrole nitrogens is 1. The van der Waals surface area contributed by atoms with Gasteiger partial charge in [0, 0.05) is 35.3 Å². The number of aryl methyl sites for hydroxylation is 1. The topological polar surface area (TPSA) is 120 Å². The molecular weight excluding hydrogens is 496 g/mol. The summed E-state index contributed by atoms with van der Waals surface area (Å²) in [6.07, 6.45) is 2.64. The lowest BCUT2D eigenvalue weighted by Crippen LogP contribution is -2.42. The van der Waals surface area contributed by atoms with Gasteiger partial charge in [-0.05, 0) is 56.7 Å². The molecule has 2 aliphatic carbocycles. The summed E-state index contributed by atoms with van der Waals surface area (Å²) in [5.41, 5.74) is 2.23. The molecule has 1 aromatic carbocycles. The Hall–Kier alpha value is -3.60. The van der Waals surface area contributed by atoms with Crippen LogP contribution in [0.3, 0.4) is 0 Å². The molecule has 2 saturated carbocycles. The number of aromatic nitrogens is 3. The molecule has 200 valence electrons. The molecule has 3 N–H and O–H groups in total. The molecular formula is C27H29F2N5O4. The Bertz CT molecular complexity index is 1420. The number of alkyl halides is 2. The minimum absolute atomic E-state index is 0.148. The number of carbonyl (C=O) groups is 2. The number of nitrogens with one attached hydrogen (secondary N) is 2. The molecule has 11 heteroatoms. The standard InChI is InChI=1S/C27H29F2N5O4/c1-14-21(26(37)33-19-9-34(20(36)10-35)12-27(19)6-7-27)23-24(32-14)22(30-13-31-23)17-8-16(25(28)29)4-5-18(17)38-11-15-2-3-15/h4-5,8,13,15,19,25,32,35H,2-3,6-7,9-12H2,1H3,(H,33,37)/t19-/m1/s1. The normalized spacial score (nSPS) is 19.9. The van der Waals surface area contributed by atoms with Crippen molar-refractivity contribution in [2.45, 2.75) is 45.1 Å². The number of aliphatic hydroxyl groups is 1. The van der Waals surface area contributed by atoms with Gasteiger partial charge >= 0.3 is 0 Å². The summed E-state index contributed by atoms with van der Waals surface area (Å²) in [5, 5.41) is 12.4. The van der Waals surface area contributed by atoms with Crippen molar-refractivity contribution in [3.63, 3.8) is 0 Å². The third-order valence-corrected chi connectivity index (χ3v) is 8.01. The summed E-state index contributed by atoms with van der Waals surface area (Å²) in [6.45, 7) is 2.56. The van der Waals surface area contributed by atoms with Gasteiger partial charge in [-0.1, -0.05) is 0 Å². The van der Waals surface area contributed by atoms with Crippen LogP contribution in [-0.4, -0.2) is 69.1 Å². The summed E-state index contributed by atoms with van der Waals surface area (Å²) < 4.78 is 33.2. The quantitative estimate of drug-likeness (QED) is 0.415. The Balaban J connectivity index is 1.34. The van der Waals surface area contributed by atoms with Gasteiger partial charge in [0.25, 0.3) is 12.3 Å². The zero-order valence-electron chi connectivity index (χ0n) is 21.0. The number of amides is 2. The van der Waals surface area contributed by atoms with Gasteiger partial charge in [-0.25, -0.2) is 18.7 Å². The van der Waals surface area contributed by atoms with E-state index in [0.717, 1.165) is 25.7 Å².